The van der Waals surface area contributed by atoms with Crippen molar-refractivity contribution in [2.45, 2.75) is 25.8 Å². The molecule has 0 spiro atoms. The van der Waals surface area contributed by atoms with Crippen molar-refractivity contribution in [1.29, 1.82) is 0 Å². The molecule has 1 unspecified atom stereocenters. The molecule has 1 aromatic carbocycles. The van der Waals surface area contributed by atoms with Crippen molar-refractivity contribution in [2.24, 2.45) is 0 Å². The van der Waals surface area contributed by atoms with Crippen LogP contribution in [0.25, 0.3) is 0 Å². The number of hydrogen-bond donors (Lipinski definition) is 2. The van der Waals surface area contributed by atoms with E-state index >= 15 is 0 Å². The van der Waals surface area contributed by atoms with Gasteiger partial charge in [-0.3, -0.25) is 4.79 Å². The van der Waals surface area contributed by atoms with Gasteiger partial charge in [0.25, 0.3) is 0 Å². The molecule has 4 heteroatoms. The highest BCUT2D eigenvalue weighted by atomic mass is 16.5. The zero-order valence-electron chi connectivity index (χ0n) is 11.0. The summed E-state index contributed by atoms with van der Waals surface area (Å²) in [5, 5.41) is 12.0. The first-order valence-corrected chi connectivity index (χ1v) is 6.12. The van der Waals surface area contributed by atoms with Gasteiger partial charge in [-0.05, 0) is 18.9 Å². The third-order valence-electron chi connectivity index (χ3n) is 2.79. The van der Waals surface area contributed by atoms with Gasteiger partial charge in [-0.15, -0.1) is 0 Å². The molecule has 0 fully saturated rings. The third-order valence-corrected chi connectivity index (χ3v) is 2.79. The van der Waals surface area contributed by atoms with Crippen LogP contribution in [-0.4, -0.2) is 37.4 Å². The van der Waals surface area contributed by atoms with E-state index in [1.807, 2.05) is 6.92 Å². The molecule has 18 heavy (non-hydrogen) atoms. The number of hydrogen-bond acceptors (Lipinski definition) is 4. The second-order valence-electron chi connectivity index (χ2n) is 4.34. The molecule has 0 bridgehead atoms. The number of ether oxygens (including phenoxy) is 1. The van der Waals surface area contributed by atoms with Crippen LogP contribution in [0.4, 0.5) is 0 Å². The fourth-order valence-corrected chi connectivity index (χ4v) is 1.78. The third kappa shape index (κ3) is 5.29. The van der Waals surface area contributed by atoms with Crippen molar-refractivity contribution in [1.82, 2.24) is 5.32 Å². The van der Waals surface area contributed by atoms with E-state index in [0.29, 0.717) is 13.0 Å². The maximum atomic E-state index is 11.3. The van der Waals surface area contributed by atoms with Gasteiger partial charge in [-0.1, -0.05) is 29.8 Å². The van der Waals surface area contributed by atoms with E-state index in [4.69, 9.17) is 5.11 Å². The summed E-state index contributed by atoms with van der Waals surface area (Å²) in [6.07, 6.45) is 1.06. The van der Waals surface area contributed by atoms with E-state index in [0.717, 1.165) is 6.42 Å². The molecular weight excluding hydrogens is 230 g/mol. The predicted molar refractivity (Wildman–Crippen MR) is 70.4 cm³/mol. The summed E-state index contributed by atoms with van der Waals surface area (Å²) in [5.74, 6) is -0.238. The molecule has 0 aliphatic rings. The van der Waals surface area contributed by atoms with E-state index in [1.165, 1.54) is 18.2 Å². The minimum atomic E-state index is -0.238. The number of carbonyl (C=O) groups excluding carboxylic acids is 1. The zero-order valence-corrected chi connectivity index (χ0v) is 11.0. The van der Waals surface area contributed by atoms with Crippen molar-refractivity contribution < 1.29 is 14.6 Å². The lowest BCUT2D eigenvalue weighted by Crippen LogP contribution is -2.35. The topological polar surface area (TPSA) is 58.6 Å². The maximum Gasteiger partial charge on any atom is 0.307 e. The average Bonchev–Trinajstić information content (AvgIpc) is 2.38. The molecule has 0 saturated heterocycles. The fourth-order valence-electron chi connectivity index (χ4n) is 1.78. The van der Waals surface area contributed by atoms with Crippen molar-refractivity contribution in [3.63, 3.8) is 0 Å². The highest BCUT2D eigenvalue weighted by Crippen LogP contribution is 2.08. The van der Waals surface area contributed by atoms with Crippen molar-refractivity contribution >= 4 is 5.97 Å². The van der Waals surface area contributed by atoms with E-state index in [1.54, 1.807) is 0 Å². The first-order valence-electron chi connectivity index (χ1n) is 6.12. The Kier molecular flexibility index (Phi) is 6.39. The summed E-state index contributed by atoms with van der Waals surface area (Å²) >= 11 is 0. The van der Waals surface area contributed by atoms with E-state index in [9.17, 15) is 4.79 Å². The SMILES string of the molecule is COC(=O)CC(Cc1ccc(C)cc1)NCCO. The Hall–Kier alpha value is -1.39. The summed E-state index contributed by atoms with van der Waals surface area (Å²) in [4.78, 5) is 11.3. The van der Waals surface area contributed by atoms with Crippen LogP contribution >= 0.6 is 0 Å². The Morgan fingerprint density at radius 2 is 2.06 bits per heavy atom. The largest absolute Gasteiger partial charge is 0.469 e. The van der Waals surface area contributed by atoms with Gasteiger partial charge in [0.1, 0.15) is 0 Å². The van der Waals surface area contributed by atoms with Crippen LogP contribution in [0.1, 0.15) is 17.5 Å². The van der Waals surface area contributed by atoms with Gasteiger partial charge in [0.2, 0.25) is 0 Å². The molecule has 1 rings (SSSR count). The zero-order chi connectivity index (χ0) is 13.4. The second kappa shape index (κ2) is 7.84. The van der Waals surface area contributed by atoms with Crippen LogP contribution in [0.5, 0.6) is 0 Å². The molecule has 2 N–H and O–H groups in total. The van der Waals surface area contributed by atoms with Crippen LogP contribution in [0.15, 0.2) is 24.3 Å². The molecule has 1 atom stereocenters. The van der Waals surface area contributed by atoms with Crippen LogP contribution < -0.4 is 5.32 Å². The summed E-state index contributed by atoms with van der Waals surface area (Å²) in [6, 6.07) is 8.21. The Labute approximate surface area is 108 Å². The Balaban J connectivity index is 2.59. The molecule has 0 saturated carbocycles. The summed E-state index contributed by atoms with van der Waals surface area (Å²) < 4.78 is 4.68. The van der Waals surface area contributed by atoms with Gasteiger partial charge in [0.15, 0.2) is 0 Å². The standard InChI is InChI=1S/C14H21NO3/c1-11-3-5-12(6-4-11)9-13(15-7-8-16)10-14(17)18-2/h3-6,13,15-16H,7-10H2,1-2H3. The lowest BCUT2D eigenvalue weighted by atomic mass is 10.0. The monoisotopic (exact) mass is 251 g/mol. The molecular formula is C14H21NO3. The predicted octanol–water partition coefficient (Wildman–Crippen LogP) is 1.05. The molecule has 0 amide bonds. The number of esters is 1. The van der Waals surface area contributed by atoms with Crippen LogP contribution in [0, 0.1) is 6.92 Å². The van der Waals surface area contributed by atoms with E-state index in [-0.39, 0.29) is 18.6 Å². The van der Waals surface area contributed by atoms with E-state index < -0.39 is 0 Å². The molecule has 0 aromatic heterocycles. The Morgan fingerprint density at radius 3 is 2.61 bits per heavy atom. The molecule has 100 valence electrons. The van der Waals surface area contributed by atoms with Gasteiger partial charge >= 0.3 is 5.97 Å². The Bertz CT molecular complexity index is 362. The number of rotatable bonds is 7. The van der Waals surface area contributed by atoms with Crippen molar-refractivity contribution in [2.75, 3.05) is 20.3 Å². The lowest BCUT2D eigenvalue weighted by molar-refractivity contribution is -0.141. The van der Waals surface area contributed by atoms with Crippen molar-refractivity contribution in [3.05, 3.63) is 35.4 Å². The first kappa shape index (κ1) is 14.7. The number of methoxy groups -OCH3 is 1. The van der Waals surface area contributed by atoms with Gasteiger partial charge in [0, 0.05) is 12.6 Å². The smallest absolute Gasteiger partial charge is 0.307 e. The van der Waals surface area contributed by atoms with Crippen LogP contribution in [0.3, 0.4) is 0 Å². The summed E-state index contributed by atoms with van der Waals surface area (Å²) in [7, 11) is 1.39. The maximum absolute atomic E-state index is 11.3. The normalized spacial score (nSPS) is 12.2. The first-order chi connectivity index (χ1) is 8.65. The number of nitrogens with one attached hydrogen (secondary N) is 1. The minimum Gasteiger partial charge on any atom is -0.469 e. The lowest BCUT2D eigenvalue weighted by Gasteiger charge is -2.17. The molecule has 4 nitrogen and oxygen atoms in total. The quantitative estimate of drug-likeness (QED) is 0.711. The second-order valence-corrected chi connectivity index (χ2v) is 4.34. The number of aliphatic hydroxyl groups excluding tert-OH is 1. The molecule has 0 heterocycles. The van der Waals surface area contributed by atoms with Gasteiger partial charge in [-0.25, -0.2) is 0 Å². The fraction of sp³-hybridized carbons (Fsp3) is 0.500. The van der Waals surface area contributed by atoms with Gasteiger partial charge in [-0.2, -0.15) is 0 Å². The van der Waals surface area contributed by atoms with Gasteiger partial charge < -0.3 is 15.2 Å². The van der Waals surface area contributed by atoms with Crippen molar-refractivity contribution in [3.8, 4) is 0 Å². The molecule has 0 aliphatic heterocycles. The number of carbonyl (C=O) groups is 1. The number of aryl methyl sites for hydroxylation is 1. The average molecular weight is 251 g/mol. The number of aliphatic hydroxyl groups is 1. The summed E-state index contributed by atoms with van der Waals surface area (Å²) in [6.45, 7) is 2.58. The van der Waals surface area contributed by atoms with Crippen LogP contribution in [0.2, 0.25) is 0 Å². The highest BCUT2D eigenvalue weighted by molar-refractivity contribution is 5.70. The van der Waals surface area contributed by atoms with Gasteiger partial charge in [0.05, 0.1) is 20.1 Å². The summed E-state index contributed by atoms with van der Waals surface area (Å²) in [5.41, 5.74) is 2.38. The van der Waals surface area contributed by atoms with E-state index in [2.05, 4.69) is 34.3 Å². The Morgan fingerprint density at radius 1 is 1.39 bits per heavy atom. The molecule has 1 aromatic rings. The minimum absolute atomic E-state index is 0.00712. The highest BCUT2D eigenvalue weighted by Gasteiger charge is 2.14. The van der Waals surface area contributed by atoms with Crippen LogP contribution in [-0.2, 0) is 16.0 Å². The number of benzene rings is 1. The molecule has 0 aliphatic carbocycles. The molecule has 0 radical (unpaired) electrons.